The van der Waals surface area contributed by atoms with Crippen molar-refractivity contribution in [3.05, 3.63) is 34.5 Å². The Morgan fingerprint density at radius 2 is 2.05 bits per heavy atom. The van der Waals surface area contributed by atoms with Gasteiger partial charge in [0, 0.05) is 22.9 Å². The highest BCUT2D eigenvalue weighted by Gasteiger charge is 2.13. The lowest BCUT2D eigenvalue weighted by atomic mass is 10.1. The van der Waals surface area contributed by atoms with Crippen molar-refractivity contribution in [1.82, 2.24) is 10.2 Å². The molecule has 0 fully saturated rings. The van der Waals surface area contributed by atoms with Crippen LogP contribution < -0.4 is 5.32 Å². The summed E-state index contributed by atoms with van der Waals surface area (Å²) in [5, 5.41) is 3.87. The molecule has 0 radical (unpaired) electrons. The quantitative estimate of drug-likeness (QED) is 0.837. The summed E-state index contributed by atoms with van der Waals surface area (Å²) in [7, 11) is 0. The van der Waals surface area contributed by atoms with Gasteiger partial charge in [0.15, 0.2) is 0 Å². The molecular formula is C15H20BrClN2O2. The molecule has 0 aliphatic carbocycles. The molecule has 1 amide bonds. The van der Waals surface area contributed by atoms with Crippen molar-refractivity contribution in [3.63, 3.8) is 0 Å². The van der Waals surface area contributed by atoms with Gasteiger partial charge >= 0.3 is 0 Å². The number of furan rings is 1. The van der Waals surface area contributed by atoms with Gasteiger partial charge in [0.2, 0.25) is 0 Å². The molecule has 6 heteroatoms. The van der Waals surface area contributed by atoms with E-state index in [2.05, 4.69) is 40.0 Å². The molecule has 0 spiro atoms. The second-order valence-corrected chi connectivity index (χ2v) is 5.49. The summed E-state index contributed by atoms with van der Waals surface area (Å²) >= 11 is 3.42. The SMILES string of the molecule is CCN(CC)CCNC(=O)c1cc(Br)cc2ccoc12.Cl. The molecular weight excluding hydrogens is 356 g/mol. The first-order chi connectivity index (χ1) is 9.65. The molecule has 0 unspecified atom stereocenters. The number of benzene rings is 1. The molecule has 0 bridgehead atoms. The normalized spacial score (nSPS) is 10.7. The number of hydrogen-bond acceptors (Lipinski definition) is 3. The summed E-state index contributed by atoms with van der Waals surface area (Å²) in [5.41, 5.74) is 1.20. The van der Waals surface area contributed by atoms with Crippen molar-refractivity contribution in [2.45, 2.75) is 13.8 Å². The van der Waals surface area contributed by atoms with E-state index in [1.54, 1.807) is 12.3 Å². The van der Waals surface area contributed by atoms with Crippen molar-refractivity contribution in [2.24, 2.45) is 0 Å². The lowest BCUT2D eigenvalue weighted by Crippen LogP contribution is -2.34. The fourth-order valence-corrected chi connectivity index (χ4v) is 2.65. The zero-order valence-electron chi connectivity index (χ0n) is 12.2. The number of fused-ring (bicyclic) bond motifs is 1. The minimum Gasteiger partial charge on any atom is -0.464 e. The Hall–Kier alpha value is -1.04. The molecule has 0 aliphatic heterocycles. The second-order valence-electron chi connectivity index (χ2n) is 4.58. The average molecular weight is 376 g/mol. The largest absolute Gasteiger partial charge is 0.464 e. The summed E-state index contributed by atoms with van der Waals surface area (Å²) in [6.45, 7) is 7.71. The van der Waals surface area contributed by atoms with E-state index in [0.29, 0.717) is 17.7 Å². The smallest absolute Gasteiger partial charge is 0.255 e. The Bertz CT molecular complexity index is 596. The molecule has 1 heterocycles. The average Bonchev–Trinajstić information content (AvgIpc) is 2.90. The van der Waals surface area contributed by atoms with Gasteiger partial charge in [0.25, 0.3) is 5.91 Å². The fourth-order valence-electron chi connectivity index (χ4n) is 2.18. The van der Waals surface area contributed by atoms with Crippen molar-refractivity contribution in [2.75, 3.05) is 26.2 Å². The van der Waals surface area contributed by atoms with E-state index in [1.165, 1.54) is 0 Å². The van der Waals surface area contributed by atoms with E-state index in [1.807, 2.05) is 12.1 Å². The maximum atomic E-state index is 12.3. The topological polar surface area (TPSA) is 45.5 Å². The van der Waals surface area contributed by atoms with Crippen LogP contribution in [0.5, 0.6) is 0 Å². The molecule has 21 heavy (non-hydrogen) atoms. The van der Waals surface area contributed by atoms with Crippen LogP contribution in [-0.2, 0) is 0 Å². The Labute approximate surface area is 139 Å². The predicted molar refractivity (Wildman–Crippen MR) is 91.3 cm³/mol. The number of likely N-dealkylation sites (N-methyl/N-ethyl adjacent to an activating group) is 1. The third-order valence-electron chi connectivity index (χ3n) is 3.37. The monoisotopic (exact) mass is 374 g/mol. The number of amides is 1. The molecule has 1 aromatic heterocycles. The summed E-state index contributed by atoms with van der Waals surface area (Å²) in [4.78, 5) is 14.5. The summed E-state index contributed by atoms with van der Waals surface area (Å²) in [5.74, 6) is -0.0987. The zero-order valence-corrected chi connectivity index (χ0v) is 14.6. The third kappa shape index (κ3) is 4.46. The number of rotatable bonds is 6. The number of carbonyl (C=O) groups excluding carboxylic acids is 1. The van der Waals surface area contributed by atoms with Crippen LogP contribution in [0.4, 0.5) is 0 Å². The fraction of sp³-hybridized carbons (Fsp3) is 0.400. The molecule has 2 rings (SSSR count). The van der Waals surface area contributed by atoms with Crippen molar-refractivity contribution < 1.29 is 9.21 Å². The number of halogens is 2. The summed E-state index contributed by atoms with van der Waals surface area (Å²) < 4.78 is 6.28. The highest BCUT2D eigenvalue weighted by molar-refractivity contribution is 9.10. The Kier molecular flexibility index (Phi) is 7.22. The number of carbonyl (C=O) groups is 1. The van der Waals surface area contributed by atoms with Gasteiger partial charge in [-0.1, -0.05) is 29.8 Å². The van der Waals surface area contributed by atoms with Gasteiger partial charge in [-0.05, 0) is 31.3 Å². The van der Waals surface area contributed by atoms with E-state index in [-0.39, 0.29) is 18.3 Å². The third-order valence-corrected chi connectivity index (χ3v) is 3.83. The molecule has 0 aliphatic rings. The van der Waals surface area contributed by atoms with E-state index < -0.39 is 0 Å². The van der Waals surface area contributed by atoms with Crippen LogP contribution in [0.3, 0.4) is 0 Å². The van der Waals surface area contributed by atoms with E-state index in [9.17, 15) is 4.79 Å². The van der Waals surface area contributed by atoms with Crippen LogP contribution in [0.1, 0.15) is 24.2 Å². The van der Waals surface area contributed by atoms with Gasteiger partial charge in [-0.15, -0.1) is 12.4 Å². The maximum Gasteiger partial charge on any atom is 0.255 e. The minimum absolute atomic E-state index is 0. The van der Waals surface area contributed by atoms with Crippen LogP contribution in [-0.4, -0.2) is 37.0 Å². The number of nitrogens with one attached hydrogen (secondary N) is 1. The van der Waals surface area contributed by atoms with Gasteiger partial charge in [-0.3, -0.25) is 4.79 Å². The standard InChI is InChI=1S/C15H19BrN2O2.ClH/c1-3-18(4-2)7-6-17-15(19)13-10-12(16)9-11-5-8-20-14(11)13;/h5,8-10H,3-4,6-7H2,1-2H3,(H,17,19);1H. The van der Waals surface area contributed by atoms with E-state index in [4.69, 9.17) is 4.42 Å². The predicted octanol–water partition coefficient (Wildman–Crippen LogP) is 3.69. The van der Waals surface area contributed by atoms with Gasteiger partial charge in [-0.2, -0.15) is 0 Å². The maximum absolute atomic E-state index is 12.3. The highest BCUT2D eigenvalue weighted by atomic mass is 79.9. The highest BCUT2D eigenvalue weighted by Crippen LogP contribution is 2.25. The van der Waals surface area contributed by atoms with E-state index >= 15 is 0 Å². The minimum atomic E-state index is -0.0987. The molecule has 1 N–H and O–H groups in total. The molecule has 0 atom stereocenters. The van der Waals surface area contributed by atoms with Crippen molar-refractivity contribution in [3.8, 4) is 0 Å². The lowest BCUT2D eigenvalue weighted by Gasteiger charge is -2.18. The van der Waals surface area contributed by atoms with Crippen LogP contribution in [0.2, 0.25) is 0 Å². The van der Waals surface area contributed by atoms with Crippen LogP contribution in [0, 0.1) is 0 Å². The Morgan fingerprint density at radius 1 is 1.33 bits per heavy atom. The number of hydrogen-bond donors (Lipinski definition) is 1. The summed E-state index contributed by atoms with van der Waals surface area (Å²) in [6, 6.07) is 5.58. The van der Waals surface area contributed by atoms with Gasteiger partial charge in [0.1, 0.15) is 5.58 Å². The van der Waals surface area contributed by atoms with E-state index in [0.717, 1.165) is 29.5 Å². The molecule has 116 valence electrons. The number of nitrogens with zero attached hydrogens (tertiary/aromatic N) is 1. The second kappa shape index (κ2) is 8.41. The lowest BCUT2D eigenvalue weighted by molar-refractivity contribution is 0.0949. The van der Waals surface area contributed by atoms with Gasteiger partial charge in [0.05, 0.1) is 11.8 Å². The molecule has 2 aromatic rings. The Balaban J connectivity index is 0.00000220. The van der Waals surface area contributed by atoms with Crippen molar-refractivity contribution >= 4 is 45.2 Å². The zero-order chi connectivity index (χ0) is 14.5. The molecule has 4 nitrogen and oxygen atoms in total. The molecule has 0 saturated heterocycles. The molecule has 0 saturated carbocycles. The first kappa shape index (κ1) is 18.0. The van der Waals surface area contributed by atoms with Gasteiger partial charge in [-0.25, -0.2) is 0 Å². The van der Waals surface area contributed by atoms with Crippen LogP contribution in [0.25, 0.3) is 11.0 Å². The van der Waals surface area contributed by atoms with Crippen molar-refractivity contribution in [1.29, 1.82) is 0 Å². The van der Waals surface area contributed by atoms with Crippen LogP contribution >= 0.6 is 28.3 Å². The first-order valence-corrected chi connectivity index (χ1v) is 7.62. The Morgan fingerprint density at radius 3 is 2.71 bits per heavy atom. The van der Waals surface area contributed by atoms with Gasteiger partial charge < -0.3 is 14.6 Å². The molecule has 1 aromatic carbocycles. The summed E-state index contributed by atoms with van der Waals surface area (Å²) in [6.07, 6.45) is 1.60. The first-order valence-electron chi connectivity index (χ1n) is 6.83. The van der Waals surface area contributed by atoms with Crippen LogP contribution in [0.15, 0.2) is 33.4 Å².